The predicted molar refractivity (Wildman–Crippen MR) is 238 cm³/mol. The van der Waals surface area contributed by atoms with Gasteiger partial charge in [-0.15, -0.1) is 0 Å². The molecular formula is C57H43N3. The second kappa shape index (κ2) is 10.5. The Morgan fingerprint density at radius 2 is 0.867 bits per heavy atom. The number of nitriles is 2. The van der Waals surface area contributed by atoms with E-state index in [4.69, 9.17) is 0 Å². The van der Waals surface area contributed by atoms with Crippen molar-refractivity contribution >= 4 is 38.1 Å². The van der Waals surface area contributed by atoms with Crippen molar-refractivity contribution < 1.29 is 0 Å². The topological polar surface area (TPSA) is 52.0 Å². The Hall–Kier alpha value is -5.90. The Balaban J connectivity index is 1.18. The third-order valence-electron chi connectivity index (χ3n) is 18.4. The number of rotatable bonds is 0. The molecule has 0 aliphatic heterocycles. The van der Waals surface area contributed by atoms with Crippen LogP contribution in [0.2, 0.25) is 0 Å². The van der Waals surface area contributed by atoms with Crippen LogP contribution in [0.3, 0.4) is 0 Å². The second-order valence-electron chi connectivity index (χ2n) is 20.9. The summed E-state index contributed by atoms with van der Waals surface area (Å²) in [5.41, 5.74) is 21.9. The summed E-state index contributed by atoms with van der Waals surface area (Å²) in [5.74, 6) is 4.88. The standard InChI is InChI=1S/C57H43N3/c58-26-36-23-46-52(50-34-19-28-13-29(20-34)16-32(15-28)48(36)50)42-25-41-40-9-3-6-12-45(40)57(43-10-4-1-7-38(43)39-8-2-5-11-44(39)57)55(41)54-53-47(60(46)56(42)54)24-37(27-59)49-33-17-30-14-31(18-33)22-35(21-30)51(49)53/h1-12,23-25,28-35H,13-22H2. The summed E-state index contributed by atoms with van der Waals surface area (Å²) in [6, 6.07) is 40.9. The van der Waals surface area contributed by atoms with E-state index in [0.717, 1.165) is 34.8 Å². The van der Waals surface area contributed by atoms with E-state index < -0.39 is 5.41 Å². The first-order chi connectivity index (χ1) is 29.6. The molecule has 3 nitrogen and oxygen atoms in total. The van der Waals surface area contributed by atoms with Crippen LogP contribution in [-0.4, -0.2) is 4.40 Å². The van der Waals surface area contributed by atoms with Crippen molar-refractivity contribution in [3.05, 3.63) is 147 Å². The summed E-state index contributed by atoms with van der Waals surface area (Å²) < 4.78 is 2.62. The van der Waals surface area contributed by atoms with Gasteiger partial charge in [-0.1, -0.05) is 72.8 Å². The van der Waals surface area contributed by atoms with E-state index in [9.17, 15) is 10.5 Å². The molecule has 0 saturated heterocycles. The van der Waals surface area contributed by atoms with Crippen LogP contribution >= 0.6 is 0 Å². The number of nitrogens with zero attached hydrogens (tertiary/aromatic N) is 3. The van der Waals surface area contributed by atoms with Crippen LogP contribution in [0.1, 0.15) is 144 Å². The molecule has 4 saturated carbocycles. The lowest BCUT2D eigenvalue weighted by molar-refractivity contribution is 0.166. The molecule has 8 bridgehead atoms. The maximum atomic E-state index is 11.2. The fourth-order valence-electron chi connectivity index (χ4n) is 17.1. The largest absolute Gasteiger partial charge is 0.308 e. The third kappa shape index (κ3) is 3.43. The van der Waals surface area contributed by atoms with Crippen molar-refractivity contribution in [2.45, 2.75) is 93.3 Å². The van der Waals surface area contributed by atoms with Gasteiger partial charge in [0.2, 0.25) is 0 Å². The Bertz CT molecular complexity index is 3360. The van der Waals surface area contributed by atoms with E-state index in [0.29, 0.717) is 23.7 Å². The first-order valence-electron chi connectivity index (χ1n) is 23.2. The van der Waals surface area contributed by atoms with Gasteiger partial charge in [-0.05, 0) is 197 Å². The Morgan fingerprint density at radius 3 is 1.35 bits per heavy atom. The van der Waals surface area contributed by atoms with E-state index in [1.807, 2.05) is 0 Å². The average molecular weight is 770 g/mol. The SMILES string of the molecule is N#Cc1cc2c(c3c1C1CC4CC(C1)CC3C4)c1cc3c(c4c5c6c(c(C#N)cc5n2c14)C1CC2CC(C1)CC6C2)C1(c2ccccc2-c2ccccc21)c1ccccc1-3. The van der Waals surface area contributed by atoms with Crippen LogP contribution in [0.25, 0.3) is 60.3 Å². The molecular weight excluding hydrogens is 727 g/mol. The highest BCUT2D eigenvalue weighted by Crippen LogP contribution is 2.68. The molecule has 3 heteroatoms. The van der Waals surface area contributed by atoms with Crippen molar-refractivity contribution in [3.8, 4) is 34.4 Å². The van der Waals surface area contributed by atoms with Gasteiger partial charge in [0.1, 0.15) is 0 Å². The summed E-state index contributed by atoms with van der Waals surface area (Å²) in [5, 5.41) is 28.0. The van der Waals surface area contributed by atoms with E-state index in [-0.39, 0.29) is 0 Å². The predicted octanol–water partition coefficient (Wildman–Crippen LogP) is 13.7. The molecule has 4 atom stereocenters. The van der Waals surface area contributed by atoms with Crippen molar-refractivity contribution in [1.29, 1.82) is 10.5 Å². The average Bonchev–Trinajstić information content (AvgIpc) is 3.89. The zero-order valence-corrected chi connectivity index (χ0v) is 33.7. The first-order valence-corrected chi connectivity index (χ1v) is 23.2. The molecule has 0 amide bonds. The van der Waals surface area contributed by atoms with Crippen LogP contribution in [0.4, 0.5) is 0 Å². The van der Waals surface area contributed by atoms with Crippen molar-refractivity contribution in [2.75, 3.05) is 0 Å². The summed E-state index contributed by atoms with van der Waals surface area (Å²) >= 11 is 0. The number of fused-ring (bicyclic) bond motifs is 17. The number of hydrogen-bond acceptors (Lipinski definition) is 2. The Labute approximate surface area is 349 Å². The Kier molecular flexibility index (Phi) is 5.60. The number of hydrogen-bond donors (Lipinski definition) is 0. The molecule has 2 heterocycles. The summed E-state index contributed by atoms with van der Waals surface area (Å²) in [7, 11) is 0. The first kappa shape index (κ1) is 31.9. The molecule has 6 aromatic carbocycles. The second-order valence-corrected chi connectivity index (χ2v) is 20.9. The van der Waals surface area contributed by atoms with Crippen LogP contribution in [0.15, 0.2) is 91.0 Å². The molecule has 2 aromatic heterocycles. The van der Waals surface area contributed by atoms with Crippen molar-refractivity contribution in [2.24, 2.45) is 23.7 Å². The van der Waals surface area contributed by atoms with Gasteiger partial charge in [0, 0.05) is 21.5 Å². The molecule has 8 aromatic rings. The van der Waals surface area contributed by atoms with Gasteiger partial charge in [0.05, 0.1) is 45.2 Å². The highest BCUT2D eigenvalue weighted by atomic mass is 14.9. The smallest absolute Gasteiger partial charge is 0.0995 e. The molecule has 10 aliphatic carbocycles. The highest BCUT2D eigenvalue weighted by Gasteiger charge is 2.54. The molecule has 4 fully saturated rings. The lowest BCUT2D eigenvalue weighted by Crippen LogP contribution is -2.26. The summed E-state index contributed by atoms with van der Waals surface area (Å²) in [4.78, 5) is 0. The minimum absolute atomic E-state index is 0.450. The van der Waals surface area contributed by atoms with Crippen molar-refractivity contribution in [3.63, 3.8) is 0 Å². The van der Waals surface area contributed by atoms with Crippen LogP contribution in [0.5, 0.6) is 0 Å². The van der Waals surface area contributed by atoms with Gasteiger partial charge in [-0.25, -0.2) is 0 Å². The number of aromatic nitrogens is 1. The maximum absolute atomic E-state index is 11.2. The zero-order chi connectivity index (χ0) is 38.9. The normalized spacial score (nSPS) is 28.8. The summed E-state index contributed by atoms with van der Waals surface area (Å²) in [6.07, 6.45) is 12.6. The van der Waals surface area contributed by atoms with E-state index in [1.165, 1.54) is 169 Å². The Morgan fingerprint density at radius 1 is 0.450 bits per heavy atom. The molecule has 0 N–H and O–H groups in total. The molecule has 18 rings (SSSR count). The highest BCUT2D eigenvalue weighted by molar-refractivity contribution is 6.29. The van der Waals surface area contributed by atoms with Crippen LogP contribution in [0, 0.1) is 46.3 Å². The van der Waals surface area contributed by atoms with Gasteiger partial charge >= 0.3 is 0 Å². The minimum Gasteiger partial charge on any atom is -0.308 e. The lowest BCUT2D eigenvalue weighted by Gasteiger charge is -2.38. The van der Waals surface area contributed by atoms with Gasteiger partial charge in [-0.3, -0.25) is 0 Å². The monoisotopic (exact) mass is 769 g/mol. The molecule has 286 valence electrons. The van der Waals surface area contributed by atoms with Gasteiger partial charge in [-0.2, -0.15) is 10.5 Å². The molecule has 60 heavy (non-hydrogen) atoms. The molecule has 4 unspecified atom stereocenters. The van der Waals surface area contributed by atoms with E-state index in [2.05, 4.69) is 108 Å². The third-order valence-corrected chi connectivity index (χ3v) is 18.4. The van der Waals surface area contributed by atoms with E-state index in [1.54, 1.807) is 0 Å². The van der Waals surface area contributed by atoms with Gasteiger partial charge in [0.15, 0.2) is 0 Å². The molecule has 1 spiro atoms. The number of benzene rings is 6. The zero-order valence-electron chi connectivity index (χ0n) is 33.7. The van der Waals surface area contributed by atoms with E-state index >= 15 is 0 Å². The van der Waals surface area contributed by atoms with Gasteiger partial charge in [0.25, 0.3) is 0 Å². The maximum Gasteiger partial charge on any atom is 0.0995 e. The molecule has 0 radical (unpaired) electrons. The van der Waals surface area contributed by atoms with Crippen LogP contribution < -0.4 is 0 Å². The van der Waals surface area contributed by atoms with Crippen LogP contribution in [-0.2, 0) is 5.41 Å². The quantitative estimate of drug-likeness (QED) is 0.154. The van der Waals surface area contributed by atoms with Gasteiger partial charge < -0.3 is 4.40 Å². The van der Waals surface area contributed by atoms with Crippen molar-refractivity contribution in [1.82, 2.24) is 4.40 Å². The fourth-order valence-corrected chi connectivity index (χ4v) is 17.1. The lowest BCUT2D eigenvalue weighted by atomic mass is 9.66. The fraction of sp³-hybridized carbons (Fsp3) is 0.333. The molecule has 10 aliphatic rings. The minimum atomic E-state index is -0.485. The summed E-state index contributed by atoms with van der Waals surface area (Å²) in [6.45, 7) is 0.